The average molecular weight is 434 g/mol. The Hall–Kier alpha value is -3.25. The Bertz CT molecular complexity index is 1050. The van der Waals surface area contributed by atoms with Gasteiger partial charge in [-0.15, -0.1) is 11.3 Å². The van der Waals surface area contributed by atoms with E-state index in [1.165, 1.54) is 23.3 Å². The van der Waals surface area contributed by atoms with E-state index in [-0.39, 0.29) is 24.7 Å². The van der Waals surface area contributed by atoms with E-state index in [2.05, 4.69) is 0 Å². The molecule has 0 unspecified atom stereocenters. The molecule has 4 rings (SSSR count). The number of esters is 1. The summed E-state index contributed by atoms with van der Waals surface area (Å²) in [6.45, 7) is 0. The molecule has 1 aromatic heterocycles. The van der Waals surface area contributed by atoms with E-state index >= 15 is 0 Å². The van der Waals surface area contributed by atoms with Crippen molar-refractivity contribution in [1.82, 2.24) is 0 Å². The number of thiophene rings is 1. The summed E-state index contributed by atoms with van der Waals surface area (Å²) in [4.78, 5) is 41.7. The Morgan fingerprint density at radius 2 is 1.42 bits per heavy atom. The number of carbonyl (C=O) groups excluding carboxylic acids is 3. The van der Waals surface area contributed by atoms with Crippen molar-refractivity contribution >= 4 is 34.1 Å². The molecular formula is C25H23NO4S. The van der Waals surface area contributed by atoms with Gasteiger partial charge in [-0.2, -0.15) is 0 Å². The largest absolute Gasteiger partial charge is 0.465 e. The van der Waals surface area contributed by atoms with Gasteiger partial charge >= 0.3 is 5.97 Å². The first-order valence-corrected chi connectivity index (χ1v) is 11.1. The van der Waals surface area contributed by atoms with Crippen molar-refractivity contribution < 1.29 is 19.1 Å². The predicted molar refractivity (Wildman–Crippen MR) is 120 cm³/mol. The lowest BCUT2D eigenvalue weighted by atomic mass is 10.1. The van der Waals surface area contributed by atoms with Crippen LogP contribution in [-0.4, -0.2) is 24.9 Å². The molecule has 0 bridgehead atoms. The number of nitrogens with zero attached hydrogens (tertiary/aromatic N) is 1. The predicted octanol–water partition coefficient (Wildman–Crippen LogP) is 4.37. The van der Waals surface area contributed by atoms with E-state index in [1.54, 1.807) is 0 Å². The smallest absolute Gasteiger partial charge is 0.341 e. The molecule has 6 heteroatoms. The topological polar surface area (TPSA) is 63.7 Å². The van der Waals surface area contributed by atoms with Crippen molar-refractivity contribution in [2.75, 3.05) is 12.0 Å². The number of hydrogen-bond acceptors (Lipinski definition) is 5. The Morgan fingerprint density at radius 1 is 0.871 bits per heavy atom. The highest BCUT2D eigenvalue weighted by molar-refractivity contribution is 7.17. The molecule has 0 radical (unpaired) electrons. The molecule has 0 atom stereocenters. The summed E-state index contributed by atoms with van der Waals surface area (Å²) in [7, 11) is 1.33. The fourth-order valence-corrected chi connectivity index (χ4v) is 5.34. The number of amides is 2. The second kappa shape index (κ2) is 9.27. The first-order chi connectivity index (χ1) is 15.1. The summed E-state index contributed by atoms with van der Waals surface area (Å²) in [6.07, 6.45) is 2.71. The Morgan fingerprint density at radius 3 is 1.94 bits per heavy atom. The summed E-state index contributed by atoms with van der Waals surface area (Å²) in [5, 5.41) is 0.387. The van der Waals surface area contributed by atoms with Crippen LogP contribution < -0.4 is 4.90 Å². The van der Waals surface area contributed by atoms with Crippen LogP contribution in [0.1, 0.15) is 38.3 Å². The fourth-order valence-electron chi connectivity index (χ4n) is 3.92. The van der Waals surface area contributed by atoms with Crippen molar-refractivity contribution in [2.24, 2.45) is 0 Å². The average Bonchev–Trinajstić information content (AvgIpc) is 3.36. The van der Waals surface area contributed by atoms with E-state index in [4.69, 9.17) is 4.74 Å². The molecule has 2 aromatic carbocycles. The van der Waals surface area contributed by atoms with Crippen LogP contribution in [0.2, 0.25) is 0 Å². The van der Waals surface area contributed by atoms with Crippen molar-refractivity contribution in [1.29, 1.82) is 0 Å². The zero-order valence-electron chi connectivity index (χ0n) is 17.3. The standard InChI is InChI=1S/C25H23NO4S/c1-30-25(29)23-19-13-8-14-20(19)31-24(23)26(21(27)15-17-9-4-2-5-10-17)22(28)16-18-11-6-3-7-12-18/h2-7,9-12H,8,13-16H2,1H3. The van der Waals surface area contributed by atoms with Gasteiger partial charge in [0.25, 0.3) is 0 Å². The quantitative estimate of drug-likeness (QED) is 0.542. The van der Waals surface area contributed by atoms with E-state index in [1.807, 2.05) is 60.7 Å². The maximum Gasteiger partial charge on any atom is 0.341 e. The highest BCUT2D eigenvalue weighted by Crippen LogP contribution is 2.42. The normalized spacial score (nSPS) is 12.3. The maximum atomic E-state index is 13.4. The van der Waals surface area contributed by atoms with Crippen molar-refractivity contribution in [3.63, 3.8) is 0 Å². The zero-order valence-corrected chi connectivity index (χ0v) is 18.1. The van der Waals surface area contributed by atoms with Crippen LogP contribution >= 0.6 is 11.3 Å². The molecule has 1 aliphatic rings. The van der Waals surface area contributed by atoms with Gasteiger partial charge in [0, 0.05) is 4.88 Å². The molecule has 0 N–H and O–H groups in total. The molecule has 1 aliphatic carbocycles. The van der Waals surface area contributed by atoms with Gasteiger partial charge in [-0.3, -0.25) is 9.59 Å². The van der Waals surface area contributed by atoms with Crippen LogP contribution in [0.5, 0.6) is 0 Å². The first kappa shape index (κ1) is 21.0. The zero-order chi connectivity index (χ0) is 21.8. The second-order valence-electron chi connectivity index (χ2n) is 7.48. The molecule has 0 spiro atoms. The second-order valence-corrected chi connectivity index (χ2v) is 8.56. The summed E-state index contributed by atoms with van der Waals surface area (Å²) in [5.74, 6) is -1.20. The molecule has 1 heterocycles. The molecule has 0 saturated heterocycles. The number of aryl methyl sites for hydroxylation is 1. The number of imide groups is 1. The van der Waals surface area contributed by atoms with E-state index in [0.717, 1.165) is 40.8 Å². The summed E-state index contributed by atoms with van der Waals surface area (Å²) >= 11 is 1.36. The minimum atomic E-state index is -0.501. The molecule has 2 amide bonds. The minimum absolute atomic E-state index is 0.0740. The first-order valence-electron chi connectivity index (χ1n) is 10.2. The van der Waals surface area contributed by atoms with Crippen LogP contribution in [0.4, 0.5) is 5.00 Å². The molecule has 31 heavy (non-hydrogen) atoms. The van der Waals surface area contributed by atoms with Crippen molar-refractivity contribution in [3.05, 3.63) is 87.8 Å². The third-order valence-electron chi connectivity index (χ3n) is 5.39. The lowest BCUT2D eigenvalue weighted by molar-refractivity contribution is -0.125. The number of anilines is 1. The fraction of sp³-hybridized carbons (Fsp3) is 0.240. The van der Waals surface area contributed by atoms with Crippen molar-refractivity contribution in [2.45, 2.75) is 32.1 Å². The van der Waals surface area contributed by atoms with E-state index in [9.17, 15) is 14.4 Å². The molecule has 5 nitrogen and oxygen atoms in total. The van der Waals surface area contributed by atoms with Crippen LogP contribution in [0.25, 0.3) is 0 Å². The highest BCUT2D eigenvalue weighted by Gasteiger charge is 2.35. The molecule has 3 aromatic rings. The van der Waals surface area contributed by atoms with Gasteiger partial charge in [-0.05, 0) is 36.0 Å². The summed E-state index contributed by atoms with van der Waals surface area (Å²) in [6, 6.07) is 18.6. The summed E-state index contributed by atoms with van der Waals surface area (Å²) in [5.41, 5.74) is 2.90. The molecule has 0 aliphatic heterocycles. The highest BCUT2D eigenvalue weighted by atomic mass is 32.1. The number of methoxy groups -OCH3 is 1. The molecule has 0 fully saturated rings. The summed E-state index contributed by atoms with van der Waals surface area (Å²) < 4.78 is 5.03. The van der Waals surface area contributed by atoms with Gasteiger partial charge in [0.05, 0.1) is 25.5 Å². The molecule has 0 saturated carbocycles. The third kappa shape index (κ3) is 4.44. The van der Waals surface area contributed by atoms with Gasteiger partial charge in [0.15, 0.2) is 0 Å². The van der Waals surface area contributed by atoms with Gasteiger partial charge in [0.1, 0.15) is 5.00 Å². The lowest BCUT2D eigenvalue weighted by Crippen LogP contribution is -2.39. The van der Waals surface area contributed by atoms with Crippen LogP contribution in [-0.2, 0) is 40.0 Å². The Kier molecular flexibility index (Phi) is 6.28. The number of carbonyl (C=O) groups is 3. The number of ether oxygens (including phenoxy) is 1. The maximum absolute atomic E-state index is 13.4. The number of benzene rings is 2. The van der Waals surface area contributed by atoms with Crippen LogP contribution in [0.3, 0.4) is 0 Å². The Labute approximate surface area is 185 Å². The molecular weight excluding hydrogens is 410 g/mol. The van der Waals surface area contributed by atoms with Gasteiger partial charge in [-0.25, -0.2) is 9.69 Å². The number of fused-ring (bicyclic) bond motifs is 1. The number of hydrogen-bond donors (Lipinski definition) is 0. The van der Waals surface area contributed by atoms with Crippen LogP contribution in [0.15, 0.2) is 60.7 Å². The molecule has 158 valence electrons. The lowest BCUT2D eigenvalue weighted by Gasteiger charge is -2.21. The Balaban J connectivity index is 1.74. The number of rotatable bonds is 6. The van der Waals surface area contributed by atoms with E-state index in [0.29, 0.717) is 10.6 Å². The third-order valence-corrected chi connectivity index (χ3v) is 6.67. The van der Waals surface area contributed by atoms with Gasteiger partial charge in [-0.1, -0.05) is 60.7 Å². The van der Waals surface area contributed by atoms with Crippen molar-refractivity contribution in [3.8, 4) is 0 Å². The van der Waals surface area contributed by atoms with Crippen LogP contribution in [0, 0.1) is 0 Å². The SMILES string of the molecule is COC(=O)c1c(N(C(=O)Cc2ccccc2)C(=O)Cc2ccccc2)sc2c1CCC2. The van der Waals surface area contributed by atoms with Gasteiger partial charge < -0.3 is 4.74 Å². The monoisotopic (exact) mass is 433 g/mol. The van der Waals surface area contributed by atoms with E-state index < -0.39 is 5.97 Å². The minimum Gasteiger partial charge on any atom is -0.465 e. The van der Waals surface area contributed by atoms with Gasteiger partial charge in [0.2, 0.25) is 11.8 Å².